The summed E-state index contributed by atoms with van der Waals surface area (Å²) in [5.41, 5.74) is 0.556. The zero-order valence-corrected chi connectivity index (χ0v) is 12.4. The minimum atomic E-state index is -1.03. The van der Waals surface area contributed by atoms with Crippen LogP contribution in [0.25, 0.3) is 0 Å². The molecule has 0 aliphatic heterocycles. The van der Waals surface area contributed by atoms with E-state index in [4.69, 9.17) is 9.84 Å². The molecular formula is C16H21NO5. The van der Waals surface area contributed by atoms with Gasteiger partial charge in [-0.2, -0.15) is 0 Å². The number of aliphatic carboxylic acids is 1. The molecule has 1 fully saturated rings. The molecule has 0 saturated heterocycles. The first-order valence-corrected chi connectivity index (χ1v) is 7.50. The van der Waals surface area contributed by atoms with Crippen LogP contribution >= 0.6 is 0 Å². The van der Waals surface area contributed by atoms with Gasteiger partial charge in [-0.25, -0.2) is 0 Å². The number of aromatic hydroxyl groups is 1. The molecule has 0 spiro atoms. The van der Waals surface area contributed by atoms with Gasteiger partial charge in [0.15, 0.2) is 0 Å². The molecule has 2 N–H and O–H groups in total. The highest BCUT2D eigenvalue weighted by atomic mass is 16.5. The van der Waals surface area contributed by atoms with Crippen LogP contribution < -0.4 is 4.90 Å². The predicted octanol–water partition coefficient (Wildman–Crippen LogP) is 2.16. The molecule has 0 bridgehead atoms. The number of phenolic OH excluding ortho intramolecular Hbond substituents is 1. The number of esters is 1. The van der Waals surface area contributed by atoms with Gasteiger partial charge in [0.25, 0.3) is 0 Å². The van der Waals surface area contributed by atoms with Crippen LogP contribution in [0, 0.1) is 0 Å². The van der Waals surface area contributed by atoms with Gasteiger partial charge in [-0.15, -0.1) is 0 Å². The van der Waals surface area contributed by atoms with Crippen molar-refractivity contribution in [3.05, 3.63) is 24.3 Å². The van der Waals surface area contributed by atoms with Crippen molar-refractivity contribution < 1.29 is 24.5 Å². The van der Waals surface area contributed by atoms with E-state index in [0.717, 1.165) is 25.7 Å². The van der Waals surface area contributed by atoms with Gasteiger partial charge in [-0.1, -0.05) is 6.42 Å². The minimum Gasteiger partial charge on any atom is -0.508 e. The van der Waals surface area contributed by atoms with E-state index in [9.17, 15) is 14.7 Å². The molecule has 6 heteroatoms. The number of carboxylic acid groups (broad SMARTS) is 1. The van der Waals surface area contributed by atoms with Crippen LogP contribution in [-0.4, -0.2) is 41.3 Å². The van der Waals surface area contributed by atoms with Gasteiger partial charge in [0.2, 0.25) is 0 Å². The highest BCUT2D eigenvalue weighted by molar-refractivity contribution is 5.80. The lowest BCUT2D eigenvalue weighted by atomic mass is 9.98. The fourth-order valence-corrected chi connectivity index (χ4v) is 2.63. The highest BCUT2D eigenvalue weighted by Crippen LogP contribution is 2.21. The summed E-state index contributed by atoms with van der Waals surface area (Å²) in [6.45, 7) is -0.419. The Morgan fingerprint density at radius 1 is 1.09 bits per heavy atom. The van der Waals surface area contributed by atoms with Gasteiger partial charge in [0.05, 0.1) is 0 Å². The largest absolute Gasteiger partial charge is 0.508 e. The van der Waals surface area contributed by atoms with Gasteiger partial charge in [0, 0.05) is 5.69 Å². The van der Waals surface area contributed by atoms with Crippen molar-refractivity contribution in [2.75, 3.05) is 18.0 Å². The molecule has 0 heterocycles. The number of hydrogen-bond donors (Lipinski definition) is 2. The Balaban J connectivity index is 1.97. The number of ether oxygens (including phenoxy) is 1. The molecule has 0 amide bonds. The summed E-state index contributed by atoms with van der Waals surface area (Å²) < 4.78 is 5.43. The zero-order valence-electron chi connectivity index (χ0n) is 12.4. The smallest absolute Gasteiger partial charge is 0.325 e. The highest BCUT2D eigenvalue weighted by Gasteiger charge is 2.21. The van der Waals surface area contributed by atoms with Crippen molar-refractivity contribution in [3.63, 3.8) is 0 Å². The summed E-state index contributed by atoms with van der Waals surface area (Å²) in [5.74, 6) is -1.36. The van der Waals surface area contributed by atoms with Crippen LogP contribution in [0.3, 0.4) is 0 Å². The molecular weight excluding hydrogens is 286 g/mol. The number of carbonyl (C=O) groups excluding carboxylic acids is 1. The first-order chi connectivity index (χ1) is 10.5. The van der Waals surface area contributed by atoms with Crippen LogP contribution in [0.2, 0.25) is 0 Å². The molecule has 22 heavy (non-hydrogen) atoms. The lowest BCUT2D eigenvalue weighted by Crippen LogP contribution is -2.36. The Morgan fingerprint density at radius 2 is 1.73 bits per heavy atom. The average molecular weight is 307 g/mol. The lowest BCUT2D eigenvalue weighted by molar-refractivity contribution is -0.148. The van der Waals surface area contributed by atoms with Crippen molar-refractivity contribution in [1.29, 1.82) is 0 Å². The molecule has 0 radical (unpaired) electrons. The van der Waals surface area contributed by atoms with Gasteiger partial charge < -0.3 is 19.8 Å². The molecule has 1 aromatic rings. The molecule has 120 valence electrons. The third-order valence-corrected chi connectivity index (χ3v) is 3.71. The van der Waals surface area contributed by atoms with Crippen LogP contribution in [0.15, 0.2) is 24.3 Å². The van der Waals surface area contributed by atoms with Gasteiger partial charge >= 0.3 is 11.9 Å². The van der Waals surface area contributed by atoms with Crippen molar-refractivity contribution in [3.8, 4) is 5.75 Å². The summed E-state index contributed by atoms with van der Waals surface area (Å²) in [6, 6.07) is 6.06. The predicted molar refractivity (Wildman–Crippen MR) is 80.9 cm³/mol. The van der Waals surface area contributed by atoms with E-state index in [-0.39, 0.29) is 24.9 Å². The fraction of sp³-hybridized carbons (Fsp3) is 0.500. The van der Waals surface area contributed by atoms with E-state index < -0.39 is 11.9 Å². The quantitative estimate of drug-likeness (QED) is 0.783. The average Bonchev–Trinajstić information content (AvgIpc) is 2.48. The van der Waals surface area contributed by atoms with Crippen LogP contribution in [-0.2, 0) is 14.3 Å². The van der Waals surface area contributed by atoms with Gasteiger partial charge in [-0.3, -0.25) is 9.59 Å². The second-order valence-corrected chi connectivity index (χ2v) is 5.52. The molecule has 2 rings (SSSR count). The zero-order chi connectivity index (χ0) is 15.9. The van der Waals surface area contributed by atoms with E-state index in [1.54, 1.807) is 12.1 Å². The summed E-state index contributed by atoms with van der Waals surface area (Å²) in [4.78, 5) is 24.4. The Hall–Kier alpha value is -2.24. The number of phenols is 1. The van der Waals surface area contributed by atoms with Crippen molar-refractivity contribution in [1.82, 2.24) is 0 Å². The monoisotopic (exact) mass is 307 g/mol. The molecule has 1 aromatic carbocycles. The Bertz CT molecular complexity index is 508. The summed E-state index contributed by atoms with van der Waals surface area (Å²) in [7, 11) is 0. The van der Waals surface area contributed by atoms with Gasteiger partial charge in [-0.05, 0) is 49.9 Å². The van der Waals surface area contributed by atoms with E-state index in [1.807, 2.05) is 0 Å². The molecule has 0 aromatic heterocycles. The lowest BCUT2D eigenvalue weighted by Gasteiger charge is -2.25. The molecule has 1 aliphatic carbocycles. The normalized spacial score (nSPS) is 15.3. The Morgan fingerprint density at radius 3 is 2.32 bits per heavy atom. The second kappa shape index (κ2) is 7.68. The first-order valence-electron chi connectivity index (χ1n) is 7.50. The molecule has 0 unspecified atom stereocenters. The maximum atomic E-state index is 12.0. The van der Waals surface area contributed by atoms with Crippen LogP contribution in [0.4, 0.5) is 5.69 Å². The third-order valence-electron chi connectivity index (χ3n) is 3.71. The van der Waals surface area contributed by atoms with E-state index in [2.05, 4.69) is 0 Å². The summed E-state index contributed by atoms with van der Waals surface area (Å²) in [6.07, 6.45) is 5.01. The number of anilines is 1. The van der Waals surface area contributed by atoms with Gasteiger partial charge in [0.1, 0.15) is 24.9 Å². The maximum absolute atomic E-state index is 12.0. The number of benzene rings is 1. The van der Waals surface area contributed by atoms with Crippen molar-refractivity contribution in [2.24, 2.45) is 0 Å². The number of nitrogens with zero attached hydrogens (tertiary/aromatic N) is 1. The van der Waals surface area contributed by atoms with E-state index in [1.165, 1.54) is 23.5 Å². The number of carboxylic acids is 1. The Kier molecular flexibility index (Phi) is 5.63. The number of hydrogen-bond acceptors (Lipinski definition) is 5. The maximum Gasteiger partial charge on any atom is 0.325 e. The summed E-state index contributed by atoms with van der Waals surface area (Å²) in [5, 5.41) is 18.3. The number of rotatable bonds is 6. The van der Waals surface area contributed by atoms with E-state index in [0.29, 0.717) is 5.69 Å². The third kappa shape index (κ3) is 4.95. The van der Waals surface area contributed by atoms with Crippen LogP contribution in [0.1, 0.15) is 32.1 Å². The van der Waals surface area contributed by atoms with Crippen LogP contribution in [0.5, 0.6) is 5.75 Å². The van der Waals surface area contributed by atoms with Crippen molar-refractivity contribution >= 4 is 17.6 Å². The SMILES string of the molecule is O=C(O)CN(CC(=O)OC1CCCCC1)c1ccc(O)cc1. The second-order valence-electron chi connectivity index (χ2n) is 5.52. The van der Waals surface area contributed by atoms with Crippen molar-refractivity contribution in [2.45, 2.75) is 38.2 Å². The Labute approximate surface area is 129 Å². The summed E-state index contributed by atoms with van der Waals surface area (Å²) >= 11 is 0. The topological polar surface area (TPSA) is 87.1 Å². The minimum absolute atomic E-state index is 0.0484. The fourth-order valence-electron chi connectivity index (χ4n) is 2.63. The van der Waals surface area contributed by atoms with E-state index >= 15 is 0 Å². The standard InChI is InChI=1S/C16H21NO5/c18-13-8-6-12(7-9-13)17(10-15(19)20)11-16(21)22-14-4-2-1-3-5-14/h6-9,14,18H,1-5,10-11H2,(H,19,20). The molecule has 1 aliphatic rings. The number of carbonyl (C=O) groups is 2. The molecule has 6 nitrogen and oxygen atoms in total. The molecule has 0 atom stereocenters. The molecule has 1 saturated carbocycles. The first kappa shape index (κ1) is 16.1.